The highest BCUT2D eigenvalue weighted by Gasteiger charge is 2.07. The van der Waals surface area contributed by atoms with Crippen LogP contribution in [0.5, 0.6) is 0 Å². The summed E-state index contributed by atoms with van der Waals surface area (Å²) in [6.45, 7) is 0.311. The minimum atomic E-state index is -3.98. The minimum absolute atomic E-state index is 0.0621. The molecule has 1 heterocycles. The number of hydrogen-bond acceptors (Lipinski definition) is 4. The van der Waals surface area contributed by atoms with Crippen LogP contribution in [0.2, 0.25) is 0 Å². The van der Waals surface area contributed by atoms with Crippen molar-refractivity contribution in [2.45, 2.75) is 19.4 Å². The summed E-state index contributed by atoms with van der Waals surface area (Å²) in [5, 5.41) is 2.61. The van der Waals surface area contributed by atoms with Gasteiger partial charge in [-0.05, 0) is 18.6 Å². The Balaban J connectivity index is 2.22. The SMILES string of the molecule is O=C(CCCS(=O)(=O)O)NCc1ccccn1. The Labute approximate surface area is 99.8 Å². The van der Waals surface area contributed by atoms with Gasteiger partial charge in [-0.15, -0.1) is 0 Å². The van der Waals surface area contributed by atoms with E-state index in [-0.39, 0.29) is 18.7 Å². The van der Waals surface area contributed by atoms with E-state index in [4.69, 9.17) is 4.55 Å². The predicted molar refractivity (Wildman–Crippen MR) is 61.7 cm³/mol. The molecule has 0 atom stereocenters. The van der Waals surface area contributed by atoms with Gasteiger partial charge in [-0.25, -0.2) is 0 Å². The zero-order valence-corrected chi connectivity index (χ0v) is 9.98. The number of hydrogen-bond donors (Lipinski definition) is 2. The molecule has 7 heteroatoms. The molecule has 0 radical (unpaired) electrons. The number of nitrogens with zero attached hydrogens (tertiary/aromatic N) is 1. The second-order valence-electron chi connectivity index (χ2n) is 3.49. The molecule has 0 saturated heterocycles. The first-order chi connectivity index (χ1) is 7.97. The zero-order valence-electron chi connectivity index (χ0n) is 9.17. The molecule has 2 N–H and O–H groups in total. The second-order valence-corrected chi connectivity index (χ2v) is 5.06. The van der Waals surface area contributed by atoms with Gasteiger partial charge in [0.2, 0.25) is 5.91 Å². The molecule has 0 fully saturated rings. The molecule has 1 aromatic heterocycles. The Kier molecular flexibility index (Phi) is 5.05. The lowest BCUT2D eigenvalue weighted by atomic mass is 10.3. The molecule has 0 aliphatic rings. The first kappa shape index (κ1) is 13.6. The van der Waals surface area contributed by atoms with Gasteiger partial charge in [-0.3, -0.25) is 14.3 Å². The van der Waals surface area contributed by atoms with Gasteiger partial charge in [0.15, 0.2) is 0 Å². The lowest BCUT2D eigenvalue weighted by molar-refractivity contribution is -0.121. The molecule has 0 aliphatic heterocycles. The van der Waals surface area contributed by atoms with E-state index >= 15 is 0 Å². The fourth-order valence-corrected chi connectivity index (χ4v) is 1.70. The van der Waals surface area contributed by atoms with E-state index in [0.717, 1.165) is 5.69 Å². The number of amides is 1. The van der Waals surface area contributed by atoms with Crippen LogP contribution in [-0.2, 0) is 21.5 Å². The lowest BCUT2D eigenvalue weighted by Crippen LogP contribution is -2.23. The van der Waals surface area contributed by atoms with Gasteiger partial charge in [0, 0.05) is 12.6 Å². The van der Waals surface area contributed by atoms with Gasteiger partial charge in [-0.2, -0.15) is 8.42 Å². The topological polar surface area (TPSA) is 96.4 Å². The van der Waals surface area contributed by atoms with E-state index in [1.54, 1.807) is 18.3 Å². The summed E-state index contributed by atoms with van der Waals surface area (Å²) in [4.78, 5) is 15.3. The van der Waals surface area contributed by atoms with E-state index < -0.39 is 15.9 Å². The van der Waals surface area contributed by atoms with Gasteiger partial charge in [0.25, 0.3) is 10.1 Å². The van der Waals surface area contributed by atoms with Crippen LogP contribution in [0.3, 0.4) is 0 Å². The van der Waals surface area contributed by atoms with Crippen LogP contribution >= 0.6 is 0 Å². The fourth-order valence-electron chi connectivity index (χ4n) is 1.20. The maximum absolute atomic E-state index is 11.3. The van der Waals surface area contributed by atoms with Crippen molar-refractivity contribution in [3.8, 4) is 0 Å². The van der Waals surface area contributed by atoms with Crippen molar-refractivity contribution in [1.82, 2.24) is 10.3 Å². The Morgan fingerprint density at radius 3 is 2.76 bits per heavy atom. The third-order valence-electron chi connectivity index (χ3n) is 2.00. The highest BCUT2D eigenvalue weighted by atomic mass is 32.2. The molecule has 0 saturated carbocycles. The van der Waals surface area contributed by atoms with E-state index in [2.05, 4.69) is 10.3 Å². The predicted octanol–water partition coefficient (Wildman–Crippen LogP) is 0.366. The Morgan fingerprint density at radius 2 is 2.18 bits per heavy atom. The molecule has 1 amide bonds. The van der Waals surface area contributed by atoms with Gasteiger partial charge in [0.05, 0.1) is 18.0 Å². The van der Waals surface area contributed by atoms with Crippen molar-refractivity contribution in [3.05, 3.63) is 30.1 Å². The molecule has 0 spiro atoms. The highest BCUT2D eigenvalue weighted by molar-refractivity contribution is 7.85. The molecular formula is C10H14N2O4S. The van der Waals surface area contributed by atoms with Gasteiger partial charge in [-0.1, -0.05) is 6.07 Å². The minimum Gasteiger partial charge on any atom is -0.350 e. The summed E-state index contributed by atoms with van der Waals surface area (Å²) in [6.07, 6.45) is 1.79. The van der Waals surface area contributed by atoms with E-state index in [1.165, 1.54) is 0 Å². The molecule has 0 unspecified atom stereocenters. The summed E-state index contributed by atoms with van der Waals surface area (Å²) in [5.74, 6) is -0.663. The van der Waals surface area contributed by atoms with E-state index in [9.17, 15) is 13.2 Å². The van der Waals surface area contributed by atoms with Gasteiger partial charge < -0.3 is 5.32 Å². The van der Waals surface area contributed by atoms with Crippen molar-refractivity contribution >= 4 is 16.0 Å². The fraction of sp³-hybridized carbons (Fsp3) is 0.400. The van der Waals surface area contributed by atoms with E-state index in [1.807, 2.05) is 6.07 Å². The normalized spacial score (nSPS) is 11.1. The first-order valence-corrected chi connectivity index (χ1v) is 6.70. The van der Waals surface area contributed by atoms with Crippen LogP contribution in [-0.4, -0.2) is 29.6 Å². The lowest BCUT2D eigenvalue weighted by Gasteiger charge is -2.03. The van der Waals surface area contributed by atoms with Crippen LogP contribution in [0.1, 0.15) is 18.5 Å². The molecular weight excluding hydrogens is 244 g/mol. The van der Waals surface area contributed by atoms with Crippen molar-refractivity contribution in [3.63, 3.8) is 0 Å². The first-order valence-electron chi connectivity index (χ1n) is 5.09. The molecule has 0 bridgehead atoms. The van der Waals surface area contributed by atoms with Crippen molar-refractivity contribution in [2.75, 3.05) is 5.75 Å². The average molecular weight is 258 g/mol. The van der Waals surface area contributed by atoms with Gasteiger partial charge in [0.1, 0.15) is 0 Å². The number of aromatic nitrogens is 1. The monoisotopic (exact) mass is 258 g/mol. The number of pyridine rings is 1. The Hall–Kier alpha value is -1.47. The smallest absolute Gasteiger partial charge is 0.264 e. The summed E-state index contributed by atoms with van der Waals surface area (Å²) >= 11 is 0. The Bertz CT molecular complexity index is 458. The molecule has 94 valence electrons. The summed E-state index contributed by atoms with van der Waals surface area (Å²) < 4.78 is 29.3. The van der Waals surface area contributed by atoms with Crippen LogP contribution in [0.15, 0.2) is 24.4 Å². The maximum atomic E-state index is 11.3. The molecule has 6 nitrogen and oxygen atoms in total. The van der Waals surface area contributed by atoms with Crippen molar-refractivity contribution in [2.24, 2.45) is 0 Å². The van der Waals surface area contributed by atoms with Crippen molar-refractivity contribution < 1.29 is 17.8 Å². The van der Waals surface area contributed by atoms with Crippen LogP contribution < -0.4 is 5.32 Å². The standard InChI is InChI=1S/C10H14N2O4S/c13-10(5-3-7-17(14,15)16)12-8-9-4-1-2-6-11-9/h1-2,4,6H,3,5,7-8H2,(H,12,13)(H,14,15,16). The third-order valence-corrected chi connectivity index (χ3v) is 2.80. The van der Waals surface area contributed by atoms with Crippen LogP contribution in [0.4, 0.5) is 0 Å². The molecule has 1 aromatic rings. The zero-order chi connectivity index (χ0) is 12.7. The summed E-state index contributed by atoms with van der Waals surface area (Å²) in [5.41, 5.74) is 0.732. The molecule has 0 aromatic carbocycles. The molecule has 17 heavy (non-hydrogen) atoms. The van der Waals surface area contributed by atoms with Crippen molar-refractivity contribution in [1.29, 1.82) is 0 Å². The summed E-state index contributed by atoms with van der Waals surface area (Å²) in [6, 6.07) is 5.36. The second kappa shape index (κ2) is 6.31. The largest absolute Gasteiger partial charge is 0.350 e. The quantitative estimate of drug-likeness (QED) is 0.718. The maximum Gasteiger partial charge on any atom is 0.264 e. The number of carbonyl (C=O) groups excluding carboxylic acids is 1. The average Bonchev–Trinajstić information content (AvgIpc) is 2.26. The third kappa shape index (κ3) is 6.64. The van der Waals surface area contributed by atoms with Crippen LogP contribution in [0.25, 0.3) is 0 Å². The Morgan fingerprint density at radius 1 is 1.41 bits per heavy atom. The number of carbonyl (C=O) groups is 1. The number of nitrogens with one attached hydrogen (secondary N) is 1. The molecule has 1 rings (SSSR count). The van der Waals surface area contributed by atoms with Crippen LogP contribution in [0, 0.1) is 0 Å². The van der Waals surface area contributed by atoms with E-state index in [0.29, 0.717) is 6.54 Å². The number of rotatable bonds is 6. The summed E-state index contributed by atoms with van der Waals surface area (Å²) in [7, 11) is -3.98. The highest BCUT2D eigenvalue weighted by Crippen LogP contribution is 1.96. The van der Waals surface area contributed by atoms with Gasteiger partial charge >= 0.3 is 0 Å². The molecule has 0 aliphatic carbocycles.